The highest BCUT2D eigenvalue weighted by molar-refractivity contribution is 7.99. The molecule has 0 fully saturated rings. The number of hydrogen-bond acceptors (Lipinski definition) is 5. The maximum absolute atomic E-state index is 13.9. The summed E-state index contributed by atoms with van der Waals surface area (Å²) in [5.74, 6) is -4.77. The van der Waals surface area contributed by atoms with Crippen LogP contribution in [0.25, 0.3) is 17.1 Å². The van der Waals surface area contributed by atoms with E-state index in [0.29, 0.717) is 21.7 Å². The molecule has 0 spiro atoms. The molecular formula is C22H15ClF3N5OS. The topological polar surface area (TPSA) is 72.7 Å². The molecule has 168 valence electrons. The minimum atomic E-state index is -1.65. The van der Waals surface area contributed by atoms with Crippen molar-refractivity contribution in [3.63, 3.8) is 0 Å². The van der Waals surface area contributed by atoms with Gasteiger partial charge in [-0.2, -0.15) is 0 Å². The molecule has 0 aliphatic rings. The van der Waals surface area contributed by atoms with Gasteiger partial charge in [0.15, 0.2) is 28.4 Å². The Kier molecular flexibility index (Phi) is 6.66. The van der Waals surface area contributed by atoms with Crippen LogP contribution in [-0.4, -0.2) is 31.4 Å². The second-order valence-corrected chi connectivity index (χ2v) is 8.17. The molecule has 0 radical (unpaired) electrons. The predicted molar refractivity (Wildman–Crippen MR) is 120 cm³/mol. The Morgan fingerprint density at radius 1 is 1.06 bits per heavy atom. The lowest BCUT2D eigenvalue weighted by atomic mass is 10.2. The van der Waals surface area contributed by atoms with E-state index in [2.05, 4.69) is 20.5 Å². The van der Waals surface area contributed by atoms with E-state index in [1.807, 2.05) is 13.0 Å². The molecule has 4 aromatic rings. The van der Waals surface area contributed by atoms with Crippen LogP contribution in [0.1, 0.15) is 5.56 Å². The Labute approximate surface area is 195 Å². The number of thioether (sulfide) groups is 1. The minimum Gasteiger partial charge on any atom is -0.323 e. The fourth-order valence-corrected chi connectivity index (χ4v) is 3.96. The summed E-state index contributed by atoms with van der Waals surface area (Å²) in [5.41, 5.74) is 1.79. The number of aromatic nitrogens is 4. The summed E-state index contributed by atoms with van der Waals surface area (Å²) in [6.45, 7) is 1.85. The van der Waals surface area contributed by atoms with Crippen molar-refractivity contribution in [3.8, 4) is 17.1 Å². The van der Waals surface area contributed by atoms with Gasteiger partial charge >= 0.3 is 0 Å². The fourth-order valence-electron chi connectivity index (χ4n) is 3.05. The van der Waals surface area contributed by atoms with Crippen LogP contribution in [0.4, 0.5) is 18.9 Å². The van der Waals surface area contributed by atoms with Gasteiger partial charge in [-0.05, 0) is 48.9 Å². The third kappa shape index (κ3) is 4.71. The third-order valence-corrected chi connectivity index (χ3v) is 6.03. The highest BCUT2D eigenvalue weighted by atomic mass is 35.5. The third-order valence-electron chi connectivity index (χ3n) is 4.69. The summed E-state index contributed by atoms with van der Waals surface area (Å²) in [4.78, 5) is 16.4. The van der Waals surface area contributed by atoms with Gasteiger partial charge in [0, 0.05) is 23.0 Å². The van der Waals surface area contributed by atoms with Gasteiger partial charge in [-0.15, -0.1) is 10.2 Å². The maximum atomic E-state index is 13.9. The van der Waals surface area contributed by atoms with Crippen molar-refractivity contribution in [1.82, 2.24) is 19.7 Å². The van der Waals surface area contributed by atoms with E-state index in [4.69, 9.17) is 11.6 Å². The first kappa shape index (κ1) is 22.8. The average molecular weight is 490 g/mol. The van der Waals surface area contributed by atoms with Crippen molar-refractivity contribution in [3.05, 3.63) is 82.9 Å². The minimum absolute atomic E-state index is 0.188. The van der Waals surface area contributed by atoms with Gasteiger partial charge in [0.25, 0.3) is 0 Å². The average Bonchev–Trinajstić information content (AvgIpc) is 3.24. The molecule has 0 saturated heterocycles. The molecule has 4 rings (SSSR count). The van der Waals surface area contributed by atoms with Crippen LogP contribution in [0.3, 0.4) is 0 Å². The first-order valence-corrected chi connectivity index (χ1v) is 10.9. The SMILES string of the molecule is Cc1c(Cl)cccc1-n1c(SCC(=O)Nc2ccc(F)c(F)c2F)nnc1-c1ccncc1. The summed E-state index contributed by atoms with van der Waals surface area (Å²) < 4.78 is 42.2. The maximum Gasteiger partial charge on any atom is 0.234 e. The molecule has 0 saturated carbocycles. The first-order chi connectivity index (χ1) is 15.9. The van der Waals surface area contributed by atoms with Crippen LogP contribution in [0.2, 0.25) is 5.02 Å². The lowest BCUT2D eigenvalue weighted by Gasteiger charge is -2.14. The Balaban J connectivity index is 1.63. The Morgan fingerprint density at radius 3 is 2.58 bits per heavy atom. The number of carbonyl (C=O) groups is 1. The van der Waals surface area contributed by atoms with Crippen molar-refractivity contribution < 1.29 is 18.0 Å². The first-order valence-electron chi connectivity index (χ1n) is 9.54. The van der Waals surface area contributed by atoms with Gasteiger partial charge in [0.05, 0.1) is 17.1 Å². The van der Waals surface area contributed by atoms with Gasteiger partial charge < -0.3 is 5.32 Å². The fraction of sp³-hybridized carbons (Fsp3) is 0.0909. The molecule has 0 aliphatic carbocycles. The zero-order valence-electron chi connectivity index (χ0n) is 17.0. The van der Waals surface area contributed by atoms with Crippen molar-refractivity contribution in [2.75, 3.05) is 11.1 Å². The summed E-state index contributed by atoms with van der Waals surface area (Å²) in [6.07, 6.45) is 3.24. The molecule has 33 heavy (non-hydrogen) atoms. The van der Waals surface area contributed by atoms with Crippen molar-refractivity contribution in [2.45, 2.75) is 12.1 Å². The van der Waals surface area contributed by atoms with E-state index in [9.17, 15) is 18.0 Å². The second kappa shape index (κ2) is 9.63. The molecule has 0 unspecified atom stereocenters. The number of pyridine rings is 1. The number of rotatable bonds is 6. The highest BCUT2D eigenvalue weighted by Crippen LogP contribution is 2.31. The van der Waals surface area contributed by atoms with Crippen LogP contribution in [0, 0.1) is 24.4 Å². The number of carbonyl (C=O) groups excluding carboxylic acids is 1. The molecule has 2 aromatic carbocycles. The van der Waals surface area contributed by atoms with Gasteiger partial charge in [-0.25, -0.2) is 13.2 Å². The van der Waals surface area contributed by atoms with Gasteiger partial charge in [-0.1, -0.05) is 29.4 Å². The summed E-state index contributed by atoms with van der Waals surface area (Å²) in [7, 11) is 0. The van der Waals surface area contributed by atoms with E-state index in [1.165, 1.54) is 0 Å². The number of hydrogen-bond donors (Lipinski definition) is 1. The molecule has 6 nitrogen and oxygen atoms in total. The van der Waals surface area contributed by atoms with E-state index >= 15 is 0 Å². The Bertz CT molecular complexity index is 1330. The van der Waals surface area contributed by atoms with Crippen molar-refractivity contribution >= 4 is 35.0 Å². The number of amides is 1. The molecule has 1 N–H and O–H groups in total. The number of benzene rings is 2. The van der Waals surface area contributed by atoms with Crippen LogP contribution < -0.4 is 5.32 Å². The smallest absolute Gasteiger partial charge is 0.234 e. The van der Waals surface area contributed by atoms with E-state index in [0.717, 1.165) is 35.0 Å². The summed E-state index contributed by atoms with van der Waals surface area (Å²) >= 11 is 7.35. The van der Waals surface area contributed by atoms with Crippen LogP contribution in [0.5, 0.6) is 0 Å². The molecule has 0 aliphatic heterocycles. The Morgan fingerprint density at radius 2 is 1.82 bits per heavy atom. The predicted octanol–water partition coefficient (Wildman–Crippen LogP) is 5.44. The monoisotopic (exact) mass is 489 g/mol. The zero-order valence-corrected chi connectivity index (χ0v) is 18.6. The van der Waals surface area contributed by atoms with Gasteiger partial charge in [0.1, 0.15) is 0 Å². The molecular weight excluding hydrogens is 475 g/mol. The van der Waals surface area contributed by atoms with Crippen LogP contribution >= 0.6 is 23.4 Å². The standard InChI is InChI=1S/C22H15ClF3N5OS/c1-12-14(23)3-2-4-17(12)31-21(13-7-9-27-10-8-13)29-30-22(31)33-11-18(32)28-16-6-5-15(24)19(25)20(16)26/h2-10H,11H2,1H3,(H,28,32). The molecule has 2 heterocycles. The summed E-state index contributed by atoms with van der Waals surface area (Å²) in [6, 6.07) is 10.6. The lowest BCUT2D eigenvalue weighted by molar-refractivity contribution is -0.113. The van der Waals surface area contributed by atoms with Crippen molar-refractivity contribution in [1.29, 1.82) is 0 Å². The largest absolute Gasteiger partial charge is 0.323 e. The van der Waals surface area contributed by atoms with Crippen LogP contribution in [0.15, 0.2) is 60.0 Å². The molecule has 2 aromatic heterocycles. The number of anilines is 1. The zero-order chi connectivity index (χ0) is 23.5. The molecule has 11 heteroatoms. The summed E-state index contributed by atoms with van der Waals surface area (Å²) in [5, 5.41) is 11.6. The molecule has 0 bridgehead atoms. The number of nitrogens with zero attached hydrogens (tertiary/aromatic N) is 4. The van der Waals surface area contributed by atoms with Gasteiger partial charge in [0.2, 0.25) is 5.91 Å². The number of halogens is 4. The normalized spacial score (nSPS) is 10.9. The van der Waals surface area contributed by atoms with Crippen LogP contribution in [-0.2, 0) is 4.79 Å². The quantitative estimate of drug-likeness (QED) is 0.288. The van der Waals surface area contributed by atoms with Gasteiger partial charge in [-0.3, -0.25) is 14.3 Å². The lowest BCUT2D eigenvalue weighted by Crippen LogP contribution is -2.16. The van der Waals surface area contributed by atoms with E-state index in [-0.39, 0.29) is 5.75 Å². The molecule has 0 atom stereocenters. The van der Waals surface area contributed by atoms with E-state index < -0.39 is 29.0 Å². The van der Waals surface area contributed by atoms with Crippen molar-refractivity contribution in [2.24, 2.45) is 0 Å². The van der Waals surface area contributed by atoms with E-state index in [1.54, 1.807) is 41.2 Å². The Hall–Kier alpha value is -3.37. The second-order valence-electron chi connectivity index (χ2n) is 6.82. The molecule has 1 amide bonds. The number of nitrogens with one attached hydrogen (secondary N) is 1. The highest BCUT2D eigenvalue weighted by Gasteiger charge is 2.20.